The third kappa shape index (κ3) is 6.56. The molecule has 3 N–H and O–H groups in total. The summed E-state index contributed by atoms with van der Waals surface area (Å²) in [7, 11) is 0. The van der Waals surface area contributed by atoms with E-state index in [9.17, 15) is 14.7 Å². The van der Waals surface area contributed by atoms with Crippen LogP contribution in [0.15, 0.2) is 175 Å². The summed E-state index contributed by atoms with van der Waals surface area (Å²) in [6, 6.07) is 55.4. The van der Waals surface area contributed by atoms with Crippen LogP contribution in [0.4, 0.5) is 0 Å². The minimum Gasteiger partial charge on any atom is -0.477 e. The second kappa shape index (κ2) is 15.7. The fourth-order valence-corrected chi connectivity index (χ4v) is 9.11. The van der Waals surface area contributed by atoms with E-state index in [4.69, 9.17) is 9.97 Å². The van der Waals surface area contributed by atoms with Crippen molar-refractivity contribution in [2.45, 2.75) is 13.5 Å². The number of carboxylic acid groups (broad SMARTS) is 1. The van der Waals surface area contributed by atoms with Gasteiger partial charge in [0.15, 0.2) is 0 Å². The van der Waals surface area contributed by atoms with E-state index < -0.39 is 11.4 Å². The Kier molecular flexibility index (Phi) is 9.39. The standard InChI is InChI=1S/C56H39N5O3/c1-2-61-33-41(56(63)64)55(62)39-24-23-38(31-49(39)61)40-32-48-52(36-19-11-5-12-20-36)46-28-27-44(58-46)50(34-15-7-3-8-16-34)42-25-26-43(57-42)51(35-17-9-4-10-18-35)45-29-30-47(59-45)53(54(40)60-48)37-21-13-6-14-22-37/h3-33,58-59H,2H2,1H3,(H,63,64). The lowest BCUT2D eigenvalue weighted by atomic mass is 9.94. The van der Waals surface area contributed by atoms with Crippen LogP contribution < -0.4 is 5.43 Å². The summed E-state index contributed by atoms with van der Waals surface area (Å²) < 4.78 is 1.83. The van der Waals surface area contributed by atoms with Crippen LogP contribution in [0.1, 0.15) is 45.6 Å². The van der Waals surface area contributed by atoms with Crippen molar-refractivity contribution >= 4 is 62.7 Å². The summed E-state index contributed by atoms with van der Waals surface area (Å²) in [5.74, 6) is -1.25. The number of rotatable bonds is 7. The molecule has 0 spiro atoms. The fourth-order valence-electron chi connectivity index (χ4n) is 9.11. The third-order valence-electron chi connectivity index (χ3n) is 12.1. The summed E-state index contributed by atoms with van der Waals surface area (Å²) in [6.07, 6.45) is 7.78. The molecule has 8 nitrogen and oxygen atoms in total. The van der Waals surface area contributed by atoms with Gasteiger partial charge in [-0.15, -0.1) is 0 Å². The number of aromatic nitrogens is 5. The summed E-state index contributed by atoms with van der Waals surface area (Å²) >= 11 is 0. The van der Waals surface area contributed by atoms with Gasteiger partial charge in [-0.05, 0) is 89.4 Å². The summed E-state index contributed by atoms with van der Waals surface area (Å²) in [5.41, 5.74) is 15.9. The molecule has 0 aliphatic carbocycles. The number of hydrogen-bond acceptors (Lipinski definition) is 4. The van der Waals surface area contributed by atoms with Crippen molar-refractivity contribution in [1.82, 2.24) is 24.5 Å². The molecule has 6 heterocycles. The molecule has 0 fully saturated rings. The molecule has 5 aromatic carbocycles. The first kappa shape index (κ1) is 38.3. The van der Waals surface area contributed by atoms with Gasteiger partial charge in [0, 0.05) is 68.0 Å². The smallest absolute Gasteiger partial charge is 0.341 e. The maximum Gasteiger partial charge on any atom is 0.341 e. The molecule has 0 amide bonds. The van der Waals surface area contributed by atoms with Crippen LogP contribution in [-0.4, -0.2) is 35.6 Å². The molecule has 2 aliphatic rings. The topological polar surface area (TPSA) is 117 Å². The molecule has 8 bridgehead atoms. The van der Waals surface area contributed by atoms with Gasteiger partial charge in [0.1, 0.15) is 5.56 Å². The number of aromatic amines is 2. The quantitative estimate of drug-likeness (QED) is 0.148. The molecular weight excluding hydrogens is 791 g/mol. The van der Waals surface area contributed by atoms with Gasteiger partial charge in [-0.25, -0.2) is 14.8 Å². The predicted octanol–water partition coefficient (Wildman–Crippen LogP) is 12.8. The molecule has 8 heteroatoms. The van der Waals surface area contributed by atoms with Crippen molar-refractivity contribution in [3.63, 3.8) is 0 Å². The number of aromatic carboxylic acids is 1. The Morgan fingerprint density at radius 1 is 0.547 bits per heavy atom. The number of nitrogens with zero attached hydrogens (tertiary/aromatic N) is 3. The number of pyridine rings is 1. The number of fused-ring (bicyclic) bond motifs is 9. The Balaban J connectivity index is 1.33. The highest BCUT2D eigenvalue weighted by Crippen LogP contribution is 2.42. The maximum absolute atomic E-state index is 13.6. The van der Waals surface area contributed by atoms with Gasteiger partial charge in [-0.1, -0.05) is 127 Å². The first-order chi connectivity index (χ1) is 31.4. The van der Waals surface area contributed by atoms with Crippen LogP contribution in [0.25, 0.3) is 101 Å². The molecule has 64 heavy (non-hydrogen) atoms. The average Bonchev–Trinajstić information content (AvgIpc) is 4.18. The minimum absolute atomic E-state index is 0.258. The third-order valence-corrected chi connectivity index (χ3v) is 12.1. The van der Waals surface area contributed by atoms with E-state index >= 15 is 0 Å². The second-order valence-corrected chi connectivity index (χ2v) is 15.8. The first-order valence-corrected chi connectivity index (χ1v) is 21.3. The van der Waals surface area contributed by atoms with Crippen LogP contribution in [0.3, 0.4) is 0 Å². The number of nitrogens with one attached hydrogen (secondary N) is 2. The highest BCUT2D eigenvalue weighted by Gasteiger charge is 2.25. The molecule has 9 aromatic rings. The fraction of sp³-hybridized carbons (Fsp3) is 0.0357. The molecule has 0 saturated carbocycles. The van der Waals surface area contributed by atoms with Crippen molar-refractivity contribution < 1.29 is 9.90 Å². The maximum atomic E-state index is 13.6. The number of carbonyl (C=O) groups is 1. The van der Waals surface area contributed by atoms with E-state index in [0.29, 0.717) is 17.4 Å². The summed E-state index contributed by atoms with van der Waals surface area (Å²) in [5, 5.41) is 10.3. The summed E-state index contributed by atoms with van der Waals surface area (Å²) in [6.45, 7) is 2.41. The van der Waals surface area contributed by atoms with Gasteiger partial charge in [-0.2, -0.15) is 0 Å². The lowest BCUT2D eigenvalue weighted by molar-refractivity contribution is 0.0694. The molecule has 0 atom stereocenters. The van der Waals surface area contributed by atoms with Crippen molar-refractivity contribution in [3.05, 3.63) is 214 Å². The van der Waals surface area contributed by atoms with E-state index in [2.05, 4.69) is 101 Å². The Bertz CT molecular complexity index is 3620. The number of carboxylic acids is 1. The van der Waals surface area contributed by atoms with Gasteiger partial charge in [0.2, 0.25) is 5.43 Å². The second-order valence-electron chi connectivity index (χ2n) is 15.8. The summed E-state index contributed by atoms with van der Waals surface area (Å²) in [4.78, 5) is 44.5. The van der Waals surface area contributed by atoms with Crippen LogP contribution in [0.5, 0.6) is 0 Å². The van der Waals surface area contributed by atoms with E-state index in [1.807, 2.05) is 96.4 Å². The lowest BCUT2D eigenvalue weighted by Crippen LogP contribution is -2.18. The molecule has 4 aromatic heterocycles. The SMILES string of the molecule is CCn1cc(C(=O)O)c(=O)c2ccc(C3=Cc4nc3c(-c3ccccc3)c3ccc([nH]3)c(-c3ccccc3)c3nc(c(-c5ccccc5)c5ccc([nH]5)c4-c4ccccc4)C=C3)cc21. The van der Waals surface area contributed by atoms with Crippen molar-refractivity contribution in [3.8, 4) is 44.5 Å². The van der Waals surface area contributed by atoms with Crippen molar-refractivity contribution in [2.24, 2.45) is 0 Å². The van der Waals surface area contributed by atoms with Crippen LogP contribution in [-0.2, 0) is 6.54 Å². The van der Waals surface area contributed by atoms with Crippen molar-refractivity contribution in [1.29, 1.82) is 0 Å². The van der Waals surface area contributed by atoms with Gasteiger partial charge in [0.05, 0.1) is 28.3 Å². The molecule has 0 unspecified atom stereocenters. The zero-order chi connectivity index (χ0) is 43.3. The number of H-pyrrole nitrogens is 2. The Morgan fingerprint density at radius 2 is 1.00 bits per heavy atom. The van der Waals surface area contributed by atoms with E-state index in [-0.39, 0.29) is 5.56 Å². The molecule has 306 valence electrons. The Hall–Kier alpha value is -8.62. The van der Waals surface area contributed by atoms with E-state index in [1.54, 1.807) is 6.07 Å². The molecule has 0 radical (unpaired) electrons. The van der Waals surface area contributed by atoms with Gasteiger partial charge >= 0.3 is 5.97 Å². The number of hydrogen-bond donors (Lipinski definition) is 3. The first-order valence-electron chi connectivity index (χ1n) is 21.3. The van der Waals surface area contributed by atoms with Gasteiger partial charge < -0.3 is 19.6 Å². The average molecular weight is 830 g/mol. The molecular formula is C56H39N5O3. The van der Waals surface area contributed by atoms with E-state index in [1.165, 1.54) is 6.20 Å². The van der Waals surface area contributed by atoms with Gasteiger partial charge in [-0.3, -0.25) is 4.79 Å². The zero-order valence-corrected chi connectivity index (χ0v) is 34.7. The van der Waals surface area contributed by atoms with Gasteiger partial charge in [0.25, 0.3) is 0 Å². The zero-order valence-electron chi connectivity index (χ0n) is 34.7. The number of benzene rings is 5. The van der Waals surface area contributed by atoms with Crippen LogP contribution in [0.2, 0.25) is 0 Å². The number of aryl methyl sites for hydroxylation is 1. The monoisotopic (exact) mass is 829 g/mol. The predicted molar refractivity (Wildman–Crippen MR) is 259 cm³/mol. The highest BCUT2D eigenvalue weighted by atomic mass is 16.4. The van der Waals surface area contributed by atoms with Crippen LogP contribution >= 0.6 is 0 Å². The van der Waals surface area contributed by atoms with Crippen LogP contribution in [0, 0.1) is 0 Å². The Labute approximate surface area is 367 Å². The minimum atomic E-state index is -1.25. The van der Waals surface area contributed by atoms with Crippen molar-refractivity contribution in [2.75, 3.05) is 0 Å². The normalized spacial score (nSPS) is 12.1. The largest absolute Gasteiger partial charge is 0.477 e. The molecule has 0 saturated heterocycles. The highest BCUT2D eigenvalue weighted by molar-refractivity contribution is 6.06. The van der Waals surface area contributed by atoms with E-state index in [0.717, 1.165) is 100 Å². The Morgan fingerprint density at radius 3 is 1.47 bits per heavy atom. The molecule has 2 aliphatic heterocycles. The molecule has 11 rings (SSSR count). The lowest BCUT2D eigenvalue weighted by Gasteiger charge is -2.13.